The van der Waals surface area contributed by atoms with E-state index >= 15 is 0 Å². The van der Waals surface area contributed by atoms with Crippen LogP contribution in [0.4, 0.5) is 0 Å². The van der Waals surface area contributed by atoms with Gasteiger partial charge in [-0.05, 0) is 50.6 Å². The smallest absolute Gasteiger partial charge is 0.0695 e. The van der Waals surface area contributed by atoms with Crippen LogP contribution in [0.15, 0.2) is 0 Å². The van der Waals surface area contributed by atoms with Gasteiger partial charge in [-0.2, -0.15) is 0 Å². The van der Waals surface area contributed by atoms with Crippen LogP contribution in [-0.2, 0) is 0 Å². The second-order valence-electron chi connectivity index (χ2n) is 5.58. The largest absolute Gasteiger partial charge is 0.391 e. The van der Waals surface area contributed by atoms with Gasteiger partial charge in [-0.15, -0.1) is 0 Å². The van der Waals surface area contributed by atoms with Gasteiger partial charge in [0.15, 0.2) is 0 Å². The summed E-state index contributed by atoms with van der Waals surface area (Å²) in [7, 11) is 0. The average molecular weight is 227 g/mol. The topological polar surface area (TPSA) is 23.5 Å². The van der Waals surface area contributed by atoms with Gasteiger partial charge >= 0.3 is 0 Å². The van der Waals surface area contributed by atoms with Crippen molar-refractivity contribution in [1.82, 2.24) is 4.90 Å². The normalized spacial score (nSPS) is 31.3. The summed E-state index contributed by atoms with van der Waals surface area (Å²) in [5.74, 6) is 1.56. The minimum absolute atomic E-state index is 0.0958. The van der Waals surface area contributed by atoms with Gasteiger partial charge in [-0.3, -0.25) is 4.90 Å². The van der Waals surface area contributed by atoms with Gasteiger partial charge in [-0.1, -0.05) is 27.7 Å². The highest BCUT2D eigenvalue weighted by Gasteiger charge is 2.33. The first-order chi connectivity index (χ1) is 7.60. The Morgan fingerprint density at radius 1 is 1.25 bits per heavy atom. The van der Waals surface area contributed by atoms with E-state index in [1.165, 1.54) is 19.3 Å². The van der Waals surface area contributed by atoms with Gasteiger partial charge in [-0.25, -0.2) is 0 Å². The van der Waals surface area contributed by atoms with Crippen LogP contribution < -0.4 is 0 Å². The summed E-state index contributed by atoms with van der Waals surface area (Å²) >= 11 is 0. The molecule has 1 aliphatic rings. The molecule has 1 N–H and O–H groups in total. The molecule has 0 aromatic heterocycles. The molecule has 0 amide bonds. The molecule has 1 aliphatic carbocycles. The van der Waals surface area contributed by atoms with Crippen LogP contribution in [0.25, 0.3) is 0 Å². The molecular formula is C14H29NO. The molecule has 0 aromatic rings. The fourth-order valence-electron chi connectivity index (χ4n) is 3.01. The van der Waals surface area contributed by atoms with Gasteiger partial charge in [0.2, 0.25) is 0 Å². The Morgan fingerprint density at radius 3 is 2.44 bits per heavy atom. The second-order valence-corrected chi connectivity index (χ2v) is 5.58. The Morgan fingerprint density at radius 2 is 1.94 bits per heavy atom. The zero-order valence-corrected chi connectivity index (χ0v) is 11.4. The fraction of sp³-hybridized carbons (Fsp3) is 1.00. The first-order valence-electron chi connectivity index (χ1n) is 7.02. The highest BCUT2D eigenvalue weighted by atomic mass is 16.3. The van der Waals surface area contributed by atoms with Gasteiger partial charge in [0, 0.05) is 6.04 Å². The Labute approximate surface area is 101 Å². The quantitative estimate of drug-likeness (QED) is 0.780. The zero-order chi connectivity index (χ0) is 12.1. The summed E-state index contributed by atoms with van der Waals surface area (Å²) in [4.78, 5) is 2.47. The summed E-state index contributed by atoms with van der Waals surface area (Å²) in [5, 5.41) is 10.2. The van der Waals surface area contributed by atoms with Gasteiger partial charge in [0.25, 0.3) is 0 Å². The minimum Gasteiger partial charge on any atom is -0.391 e. The van der Waals surface area contributed by atoms with Crippen molar-refractivity contribution >= 4 is 0 Å². The molecule has 0 radical (unpaired) electrons. The molecule has 0 bridgehead atoms. The highest BCUT2D eigenvalue weighted by molar-refractivity contribution is 4.87. The maximum Gasteiger partial charge on any atom is 0.0695 e. The SMILES string of the molecule is CCCN(CC)C1CC(C(C)C)CCC1O. The van der Waals surface area contributed by atoms with Crippen LogP contribution in [0, 0.1) is 11.8 Å². The van der Waals surface area contributed by atoms with Gasteiger partial charge < -0.3 is 5.11 Å². The van der Waals surface area contributed by atoms with Crippen molar-refractivity contribution in [3.8, 4) is 0 Å². The molecule has 3 atom stereocenters. The summed E-state index contributed by atoms with van der Waals surface area (Å²) in [6.45, 7) is 11.3. The van der Waals surface area contributed by atoms with Crippen LogP contribution in [-0.4, -0.2) is 35.2 Å². The number of rotatable bonds is 5. The van der Waals surface area contributed by atoms with Crippen molar-refractivity contribution in [2.24, 2.45) is 11.8 Å². The van der Waals surface area contributed by atoms with Crippen molar-refractivity contribution in [2.75, 3.05) is 13.1 Å². The molecule has 0 spiro atoms. The van der Waals surface area contributed by atoms with E-state index < -0.39 is 0 Å². The number of aliphatic hydroxyl groups is 1. The molecule has 1 rings (SSSR count). The number of likely N-dealkylation sites (N-methyl/N-ethyl adjacent to an activating group) is 1. The summed E-state index contributed by atoms with van der Waals surface area (Å²) in [6, 6.07) is 0.408. The third kappa shape index (κ3) is 3.46. The second kappa shape index (κ2) is 6.61. The minimum atomic E-state index is -0.0958. The van der Waals surface area contributed by atoms with Crippen LogP contribution >= 0.6 is 0 Å². The van der Waals surface area contributed by atoms with Crippen LogP contribution in [0.1, 0.15) is 53.4 Å². The number of nitrogens with zero attached hydrogens (tertiary/aromatic N) is 1. The molecule has 0 aromatic carbocycles. The maximum atomic E-state index is 10.2. The van der Waals surface area contributed by atoms with E-state index in [1.54, 1.807) is 0 Å². The lowest BCUT2D eigenvalue weighted by atomic mass is 9.77. The Balaban J connectivity index is 2.60. The first kappa shape index (κ1) is 14.0. The molecule has 0 saturated heterocycles. The molecule has 0 aliphatic heterocycles. The predicted octanol–water partition coefficient (Wildman–Crippen LogP) is 2.90. The maximum absolute atomic E-state index is 10.2. The molecule has 2 nitrogen and oxygen atoms in total. The van der Waals surface area contributed by atoms with Crippen LogP contribution in [0.2, 0.25) is 0 Å². The predicted molar refractivity (Wildman–Crippen MR) is 69.5 cm³/mol. The lowest BCUT2D eigenvalue weighted by molar-refractivity contribution is -0.00246. The van der Waals surface area contributed by atoms with Crippen molar-refractivity contribution < 1.29 is 5.11 Å². The number of hydrogen-bond donors (Lipinski definition) is 1. The summed E-state index contributed by atoms with van der Waals surface area (Å²) in [6.07, 6.45) is 4.48. The van der Waals surface area contributed by atoms with E-state index in [4.69, 9.17) is 0 Å². The Bertz CT molecular complexity index is 193. The highest BCUT2D eigenvalue weighted by Crippen LogP contribution is 2.32. The molecule has 0 heterocycles. The summed E-state index contributed by atoms with van der Waals surface area (Å²) < 4.78 is 0. The Kier molecular flexibility index (Phi) is 5.77. The molecule has 2 heteroatoms. The molecule has 96 valence electrons. The lowest BCUT2D eigenvalue weighted by Crippen LogP contribution is -2.48. The standard InChI is InChI=1S/C14H29NO/c1-5-9-15(6-2)13-10-12(11(3)4)7-8-14(13)16/h11-14,16H,5-10H2,1-4H3. The third-order valence-corrected chi connectivity index (χ3v) is 4.15. The van der Waals surface area contributed by atoms with E-state index in [0.717, 1.165) is 31.3 Å². The van der Waals surface area contributed by atoms with E-state index in [9.17, 15) is 5.11 Å². The van der Waals surface area contributed by atoms with Crippen molar-refractivity contribution in [3.05, 3.63) is 0 Å². The number of aliphatic hydroxyl groups excluding tert-OH is 1. The Hall–Kier alpha value is -0.0800. The van der Waals surface area contributed by atoms with Crippen molar-refractivity contribution in [1.29, 1.82) is 0 Å². The zero-order valence-electron chi connectivity index (χ0n) is 11.4. The van der Waals surface area contributed by atoms with Gasteiger partial charge in [0.1, 0.15) is 0 Å². The monoisotopic (exact) mass is 227 g/mol. The number of hydrogen-bond acceptors (Lipinski definition) is 2. The third-order valence-electron chi connectivity index (χ3n) is 4.15. The van der Waals surface area contributed by atoms with Crippen molar-refractivity contribution in [2.45, 2.75) is 65.5 Å². The molecule has 1 fully saturated rings. The fourth-order valence-corrected chi connectivity index (χ4v) is 3.01. The van der Waals surface area contributed by atoms with Crippen molar-refractivity contribution in [3.63, 3.8) is 0 Å². The van der Waals surface area contributed by atoms with E-state index in [1.807, 2.05) is 0 Å². The first-order valence-corrected chi connectivity index (χ1v) is 7.02. The molecular weight excluding hydrogens is 198 g/mol. The molecule has 16 heavy (non-hydrogen) atoms. The van der Waals surface area contributed by atoms with E-state index in [0.29, 0.717) is 6.04 Å². The molecule has 3 unspecified atom stereocenters. The average Bonchev–Trinajstić information content (AvgIpc) is 2.26. The lowest BCUT2D eigenvalue weighted by Gasteiger charge is -2.41. The van der Waals surface area contributed by atoms with E-state index in [2.05, 4.69) is 32.6 Å². The molecule has 1 saturated carbocycles. The van der Waals surface area contributed by atoms with Crippen LogP contribution in [0.5, 0.6) is 0 Å². The summed E-state index contributed by atoms with van der Waals surface area (Å²) in [5.41, 5.74) is 0. The van der Waals surface area contributed by atoms with E-state index in [-0.39, 0.29) is 6.10 Å². The van der Waals surface area contributed by atoms with Crippen LogP contribution in [0.3, 0.4) is 0 Å². The van der Waals surface area contributed by atoms with Gasteiger partial charge in [0.05, 0.1) is 6.10 Å².